The number of para-hydroxylation sites is 2. The number of amides is 2. The Labute approximate surface area is 150 Å². The second-order valence-electron chi connectivity index (χ2n) is 5.72. The molecule has 1 aliphatic rings. The zero-order chi connectivity index (χ0) is 18.9. The van der Waals surface area contributed by atoms with Gasteiger partial charge >= 0.3 is 0 Å². The smallest absolute Gasteiger partial charge is 0.264 e. The Kier molecular flexibility index (Phi) is 4.56. The number of primary amides is 1. The highest BCUT2D eigenvalue weighted by Gasteiger charge is 2.36. The molecule has 1 aliphatic heterocycles. The van der Waals surface area contributed by atoms with Gasteiger partial charge in [0.15, 0.2) is 6.10 Å². The number of carbonyl (C=O) groups is 2. The lowest BCUT2D eigenvalue weighted by Crippen LogP contribution is -2.49. The molecule has 0 aromatic heterocycles. The predicted molar refractivity (Wildman–Crippen MR) is 95.3 cm³/mol. The molecule has 9 heteroatoms. The SMILES string of the molecule is CC(=O)Nc1ccc(S(=O)(=O)N2C[C@H](C(N)=O)Oc3ccccc32)cc1. The zero-order valence-electron chi connectivity index (χ0n) is 13.9. The van der Waals surface area contributed by atoms with E-state index < -0.39 is 22.0 Å². The Hall–Kier alpha value is -3.07. The first-order chi connectivity index (χ1) is 12.3. The Morgan fingerprint density at radius 1 is 1.15 bits per heavy atom. The third kappa shape index (κ3) is 3.33. The number of rotatable bonds is 4. The highest BCUT2D eigenvalue weighted by atomic mass is 32.2. The average Bonchev–Trinajstić information content (AvgIpc) is 2.60. The van der Waals surface area contributed by atoms with Crippen LogP contribution in [-0.4, -0.2) is 32.9 Å². The summed E-state index contributed by atoms with van der Waals surface area (Å²) in [6, 6.07) is 12.3. The van der Waals surface area contributed by atoms with E-state index in [1.165, 1.54) is 31.2 Å². The number of sulfonamides is 1. The van der Waals surface area contributed by atoms with Crippen LogP contribution in [0.15, 0.2) is 53.4 Å². The molecular formula is C17H17N3O5S. The lowest BCUT2D eigenvalue weighted by Gasteiger charge is -2.34. The molecule has 0 aliphatic carbocycles. The molecule has 0 fully saturated rings. The summed E-state index contributed by atoms with van der Waals surface area (Å²) in [7, 11) is -3.95. The van der Waals surface area contributed by atoms with Crippen molar-refractivity contribution in [1.82, 2.24) is 0 Å². The molecule has 2 amide bonds. The summed E-state index contributed by atoms with van der Waals surface area (Å²) in [5.41, 5.74) is 6.12. The number of nitrogens with two attached hydrogens (primary N) is 1. The molecule has 0 saturated carbocycles. The lowest BCUT2D eigenvalue weighted by atomic mass is 10.2. The monoisotopic (exact) mass is 375 g/mol. The minimum atomic E-state index is -3.95. The van der Waals surface area contributed by atoms with Crippen LogP contribution in [-0.2, 0) is 19.6 Å². The molecule has 8 nitrogen and oxygen atoms in total. The van der Waals surface area contributed by atoms with Crippen LogP contribution in [0, 0.1) is 0 Å². The third-order valence-corrected chi connectivity index (χ3v) is 5.61. The molecule has 0 bridgehead atoms. The highest BCUT2D eigenvalue weighted by Crippen LogP contribution is 2.36. The van der Waals surface area contributed by atoms with Crippen LogP contribution in [0.4, 0.5) is 11.4 Å². The molecule has 0 spiro atoms. The maximum Gasteiger partial charge on any atom is 0.264 e. The maximum atomic E-state index is 13.1. The van der Waals surface area contributed by atoms with Crippen LogP contribution in [0.25, 0.3) is 0 Å². The number of benzene rings is 2. The summed E-state index contributed by atoms with van der Waals surface area (Å²) in [5.74, 6) is -0.742. The quantitative estimate of drug-likeness (QED) is 0.829. The fourth-order valence-corrected chi connectivity index (χ4v) is 4.09. The lowest BCUT2D eigenvalue weighted by molar-refractivity contribution is -0.124. The number of carbonyl (C=O) groups excluding carboxylic acids is 2. The maximum absolute atomic E-state index is 13.1. The molecule has 2 aromatic rings. The highest BCUT2D eigenvalue weighted by molar-refractivity contribution is 7.92. The van der Waals surface area contributed by atoms with Gasteiger partial charge in [0.2, 0.25) is 5.91 Å². The fraction of sp³-hybridized carbons (Fsp3) is 0.176. The summed E-state index contributed by atoms with van der Waals surface area (Å²) in [6.45, 7) is 1.14. The summed E-state index contributed by atoms with van der Waals surface area (Å²) in [6.07, 6.45) is -1.08. The Morgan fingerprint density at radius 2 is 1.81 bits per heavy atom. The Morgan fingerprint density at radius 3 is 2.42 bits per heavy atom. The van der Waals surface area contributed by atoms with E-state index in [0.29, 0.717) is 11.4 Å². The number of hydrogen-bond donors (Lipinski definition) is 2. The minimum absolute atomic E-state index is 0.0199. The van der Waals surface area contributed by atoms with E-state index in [9.17, 15) is 18.0 Å². The van der Waals surface area contributed by atoms with Gasteiger partial charge in [-0.05, 0) is 36.4 Å². The van der Waals surface area contributed by atoms with Gasteiger partial charge in [-0.15, -0.1) is 0 Å². The van der Waals surface area contributed by atoms with E-state index in [1.54, 1.807) is 24.3 Å². The van der Waals surface area contributed by atoms with Crippen molar-refractivity contribution in [2.45, 2.75) is 17.9 Å². The standard InChI is InChI=1S/C17H17N3O5S/c1-11(21)19-12-6-8-13(9-7-12)26(23,24)20-10-16(17(18)22)25-15-5-3-2-4-14(15)20/h2-9,16H,10H2,1H3,(H2,18,22)(H,19,21)/t16-/m1/s1. The molecule has 1 atom stereocenters. The van der Waals surface area contributed by atoms with E-state index in [1.807, 2.05) is 0 Å². The van der Waals surface area contributed by atoms with Gasteiger partial charge in [-0.2, -0.15) is 0 Å². The van der Waals surface area contributed by atoms with E-state index in [0.717, 1.165) is 4.31 Å². The van der Waals surface area contributed by atoms with E-state index in [4.69, 9.17) is 10.5 Å². The molecule has 3 N–H and O–H groups in total. The van der Waals surface area contributed by atoms with Crippen LogP contribution < -0.4 is 20.1 Å². The molecule has 2 aromatic carbocycles. The first-order valence-electron chi connectivity index (χ1n) is 7.74. The largest absolute Gasteiger partial charge is 0.476 e. The molecule has 136 valence electrons. The number of anilines is 2. The molecule has 0 unspecified atom stereocenters. The van der Waals surface area contributed by atoms with Gasteiger partial charge in [0.1, 0.15) is 5.75 Å². The van der Waals surface area contributed by atoms with Crippen molar-refractivity contribution in [1.29, 1.82) is 0 Å². The van der Waals surface area contributed by atoms with Crippen LogP contribution in [0.2, 0.25) is 0 Å². The average molecular weight is 375 g/mol. The van der Waals surface area contributed by atoms with Crippen LogP contribution in [0.3, 0.4) is 0 Å². The van der Waals surface area contributed by atoms with Gasteiger partial charge in [-0.1, -0.05) is 12.1 Å². The summed E-state index contributed by atoms with van der Waals surface area (Å²) in [4.78, 5) is 22.7. The van der Waals surface area contributed by atoms with Crippen molar-refractivity contribution >= 4 is 33.2 Å². The summed E-state index contributed by atoms with van der Waals surface area (Å²) in [5, 5.41) is 2.57. The normalized spacial score (nSPS) is 16.3. The first-order valence-corrected chi connectivity index (χ1v) is 9.18. The van der Waals surface area contributed by atoms with Crippen molar-refractivity contribution < 1.29 is 22.7 Å². The molecule has 26 heavy (non-hydrogen) atoms. The predicted octanol–water partition coefficient (Wildman–Crippen LogP) is 1.09. The molecule has 0 radical (unpaired) electrons. The summed E-state index contributed by atoms with van der Waals surface area (Å²) >= 11 is 0. The second kappa shape index (κ2) is 6.68. The minimum Gasteiger partial charge on any atom is -0.476 e. The molecular weight excluding hydrogens is 358 g/mol. The van der Waals surface area contributed by atoms with Crippen LogP contribution in [0.5, 0.6) is 5.75 Å². The number of nitrogens with one attached hydrogen (secondary N) is 1. The van der Waals surface area contributed by atoms with Crippen molar-refractivity contribution in [3.05, 3.63) is 48.5 Å². The van der Waals surface area contributed by atoms with E-state index in [2.05, 4.69) is 5.32 Å². The van der Waals surface area contributed by atoms with Crippen molar-refractivity contribution in [2.75, 3.05) is 16.2 Å². The van der Waals surface area contributed by atoms with Crippen LogP contribution in [0.1, 0.15) is 6.92 Å². The third-order valence-electron chi connectivity index (χ3n) is 3.81. The van der Waals surface area contributed by atoms with Crippen molar-refractivity contribution in [3.8, 4) is 5.75 Å². The van der Waals surface area contributed by atoms with Gasteiger partial charge < -0.3 is 15.8 Å². The Bertz CT molecular complexity index is 957. The van der Waals surface area contributed by atoms with Gasteiger partial charge in [-0.3, -0.25) is 13.9 Å². The summed E-state index contributed by atoms with van der Waals surface area (Å²) < 4.78 is 32.8. The molecule has 1 heterocycles. The van der Waals surface area contributed by atoms with Crippen molar-refractivity contribution in [3.63, 3.8) is 0 Å². The van der Waals surface area contributed by atoms with E-state index >= 15 is 0 Å². The number of nitrogens with zero attached hydrogens (tertiary/aromatic N) is 1. The number of fused-ring (bicyclic) bond motifs is 1. The fourth-order valence-electron chi connectivity index (χ4n) is 2.62. The zero-order valence-corrected chi connectivity index (χ0v) is 14.7. The number of hydrogen-bond acceptors (Lipinski definition) is 5. The topological polar surface area (TPSA) is 119 Å². The molecule has 3 rings (SSSR count). The second-order valence-corrected chi connectivity index (χ2v) is 7.58. The van der Waals surface area contributed by atoms with E-state index in [-0.39, 0.29) is 23.1 Å². The Balaban J connectivity index is 2.00. The van der Waals surface area contributed by atoms with Gasteiger partial charge in [-0.25, -0.2) is 8.42 Å². The number of ether oxygens (including phenoxy) is 1. The van der Waals surface area contributed by atoms with Gasteiger partial charge in [0.25, 0.3) is 15.9 Å². The van der Waals surface area contributed by atoms with Crippen LogP contribution >= 0.6 is 0 Å². The van der Waals surface area contributed by atoms with Crippen molar-refractivity contribution in [2.24, 2.45) is 5.73 Å². The first kappa shape index (κ1) is 17.7. The molecule has 0 saturated heterocycles. The van der Waals surface area contributed by atoms with Gasteiger partial charge in [0, 0.05) is 12.6 Å². The van der Waals surface area contributed by atoms with Gasteiger partial charge in [0.05, 0.1) is 17.1 Å².